The van der Waals surface area contributed by atoms with E-state index in [1.54, 1.807) is 0 Å². The molecule has 0 aliphatic carbocycles. The van der Waals surface area contributed by atoms with Crippen LogP contribution < -0.4 is 5.38 Å². The average Bonchev–Trinajstić information content (AvgIpc) is 3.00. The number of rotatable bonds is 14. The lowest BCUT2D eigenvalue weighted by Crippen LogP contribution is -2.36. The van der Waals surface area contributed by atoms with Crippen LogP contribution in [0.25, 0.3) is 0 Å². The third-order valence-electron chi connectivity index (χ3n) is 4.64. The first-order chi connectivity index (χ1) is 11.4. The highest BCUT2D eigenvalue weighted by molar-refractivity contribution is 6.87. The van der Waals surface area contributed by atoms with E-state index in [-0.39, 0.29) is 0 Å². The van der Waals surface area contributed by atoms with Gasteiger partial charge in [-0.3, -0.25) is 4.79 Å². The Hall–Kier alpha value is -0.833. The fourth-order valence-electron chi connectivity index (χ4n) is 2.94. The Balaban J connectivity index is 2.03. The summed E-state index contributed by atoms with van der Waals surface area (Å²) in [6.07, 6.45) is 15.9. The number of carbonyl (C=O) groups excluding carboxylic acids is 1. The molecular formula is C21H38O2Si. The molecule has 0 saturated heterocycles. The highest BCUT2D eigenvalue weighted by Crippen LogP contribution is 2.13. The molecule has 138 valence electrons. The molecule has 24 heavy (non-hydrogen) atoms. The number of ketones is 1. The monoisotopic (exact) mass is 350 g/mol. The van der Waals surface area contributed by atoms with Gasteiger partial charge >= 0.3 is 0 Å². The Labute approximate surface area is 150 Å². The minimum Gasteiger partial charge on any atom is -0.474 e. The van der Waals surface area contributed by atoms with Crippen LogP contribution in [0, 0.1) is 0 Å². The fraction of sp³-hybridized carbons (Fsp3) is 0.762. The largest absolute Gasteiger partial charge is 0.474 e. The van der Waals surface area contributed by atoms with Crippen LogP contribution in [0.2, 0.25) is 19.6 Å². The first kappa shape index (κ1) is 21.2. The number of unbranched alkanes of at least 4 members (excludes halogenated alkanes) is 8. The summed E-state index contributed by atoms with van der Waals surface area (Å²) in [7, 11) is -1.37. The summed E-state index contributed by atoms with van der Waals surface area (Å²) in [6, 6.07) is 2.16. The number of aryl methyl sites for hydroxylation is 1. The van der Waals surface area contributed by atoms with Crippen molar-refractivity contribution in [3.63, 3.8) is 0 Å². The van der Waals surface area contributed by atoms with Crippen molar-refractivity contribution in [3.8, 4) is 0 Å². The summed E-state index contributed by atoms with van der Waals surface area (Å²) in [5, 5.41) is 1.14. The van der Waals surface area contributed by atoms with Crippen LogP contribution in [-0.4, -0.2) is 13.9 Å². The SMILES string of the molecule is CCCCCCCCCCCC(=O)CCc1coc([Si](C)(C)C)c1. The van der Waals surface area contributed by atoms with Gasteiger partial charge < -0.3 is 4.42 Å². The molecule has 0 fully saturated rings. The molecule has 0 saturated carbocycles. The van der Waals surface area contributed by atoms with Gasteiger partial charge in [0.15, 0.2) is 0 Å². The number of furan rings is 1. The molecule has 1 aromatic rings. The molecule has 0 amide bonds. The van der Waals surface area contributed by atoms with E-state index in [9.17, 15) is 4.79 Å². The second-order valence-corrected chi connectivity index (χ2v) is 13.2. The summed E-state index contributed by atoms with van der Waals surface area (Å²) in [4.78, 5) is 12.0. The normalized spacial score (nSPS) is 11.8. The van der Waals surface area contributed by atoms with Gasteiger partial charge in [0.25, 0.3) is 0 Å². The maximum atomic E-state index is 12.0. The topological polar surface area (TPSA) is 30.2 Å². The van der Waals surface area contributed by atoms with Crippen molar-refractivity contribution < 1.29 is 9.21 Å². The van der Waals surface area contributed by atoms with Crippen molar-refractivity contribution in [1.82, 2.24) is 0 Å². The van der Waals surface area contributed by atoms with E-state index in [0.717, 1.165) is 24.6 Å². The van der Waals surface area contributed by atoms with Crippen molar-refractivity contribution in [3.05, 3.63) is 17.9 Å². The number of carbonyl (C=O) groups is 1. The molecule has 0 N–H and O–H groups in total. The van der Waals surface area contributed by atoms with Crippen LogP contribution in [0.3, 0.4) is 0 Å². The van der Waals surface area contributed by atoms with Crippen LogP contribution in [0.15, 0.2) is 16.7 Å². The lowest BCUT2D eigenvalue weighted by molar-refractivity contribution is -0.119. The van der Waals surface area contributed by atoms with Crippen molar-refractivity contribution in [2.45, 2.75) is 104 Å². The van der Waals surface area contributed by atoms with E-state index < -0.39 is 8.07 Å². The maximum Gasteiger partial charge on any atom is 0.133 e. The van der Waals surface area contributed by atoms with Gasteiger partial charge in [0, 0.05) is 12.8 Å². The Bertz CT molecular complexity index is 457. The minimum atomic E-state index is -1.37. The molecule has 0 bridgehead atoms. The van der Waals surface area contributed by atoms with Gasteiger partial charge in [-0.05, 0) is 24.5 Å². The van der Waals surface area contributed by atoms with E-state index in [1.165, 1.54) is 56.9 Å². The van der Waals surface area contributed by atoms with E-state index in [0.29, 0.717) is 12.2 Å². The van der Waals surface area contributed by atoms with E-state index >= 15 is 0 Å². The third kappa shape index (κ3) is 9.46. The zero-order valence-corrected chi connectivity index (χ0v) is 17.5. The molecule has 0 unspecified atom stereocenters. The molecule has 3 heteroatoms. The molecule has 0 radical (unpaired) electrons. The highest BCUT2D eigenvalue weighted by Gasteiger charge is 2.20. The van der Waals surface area contributed by atoms with Crippen LogP contribution in [0.4, 0.5) is 0 Å². The molecule has 1 aromatic heterocycles. The van der Waals surface area contributed by atoms with Crippen LogP contribution in [0.5, 0.6) is 0 Å². The number of Topliss-reactive ketones (excluding diaryl/α,β-unsaturated/α-hetero) is 1. The number of hydrogen-bond donors (Lipinski definition) is 0. The smallest absolute Gasteiger partial charge is 0.133 e. The molecule has 2 nitrogen and oxygen atoms in total. The molecule has 0 atom stereocenters. The van der Waals surface area contributed by atoms with Crippen molar-refractivity contribution in [2.24, 2.45) is 0 Å². The standard InChI is InChI=1S/C21H38O2Si/c1-5-6-7-8-9-10-11-12-13-14-20(22)16-15-19-17-21(23-18-19)24(2,3)4/h17-18H,5-16H2,1-4H3. The van der Waals surface area contributed by atoms with Gasteiger partial charge in [0.2, 0.25) is 0 Å². The lowest BCUT2D eigenvalue weighted by Gasteiger charge is -2.10. The minimum absolute atomic E-state index is 0.411. The first-order valence-corrected chi connectivity index (χ1v) is 13.5. The van der Waals surface area contributed by atoms with Crippen molar-refractivity contribution in [1.29, 1.82) is 0 Å². The van der Waals surface area contributed by atoms with Crippen molar-refractivity contribution in [2.75, 3.05) is 0 Å². The second-order valence-electron chi connectivity index (χ2n) is 8.19. The van der Waals surface area contributed by atoms with Gasteiger partial charge in [-0.1, -0.05) is 77.9 Å². The lowest BCUT2D eigenvalue weighted by atomic mass is 10.0. The summed E-state index contributed by atoms with van der Waals surface area (Å²) in [5.74, 6) is 0.411. The van der Waals surface area contributed by atoms with Gasteiger partial charge in [-0.2, -0.15) is 0 Å². The third-order valence-corrected chi connectivity index (χ3v) is 6.39. The Morgan fingerprint density at radius 3 is 2.04 bits per heavy atom. The molecule has 0 aromatic carbocycles. The highest BCUT2D eigenvalue weighted by atomic mass is 28.3. The van der Waals surface area contributed by atoms with Gasteiger partial charge in [0.1, 0.15) is 13.9 Å². The molecule has 0 spiro atoms. The zero-order chi connectivity index (χ0) is 17.8. The molecule has 0 aliphatic rings. The zero-order valence-electron chi connectivity index (χ0n) is 16.5. The first-order valence-electron chi connectivity index (χ1n) is 10.0. The van der Waals surface area contributed by atoms with E-state index in [2.05, 4.69) is 32.6 Å². The Kier molecular flexibility index (Phi) is 10.3. The van der Waals surface area contributed by atoms with Crippen LogP contribution in [0.1, 0.15) is 83.1 Å². The van der Waals surface area contributed by atoms with Gasteiger partial charge in [-0.25, -0.2) is 0 Å². The predicted molar refractivity (Wildman–Crippen MR) is 107 cm³/mol. The van der Waals surface area contributed by atoms with Gasteiger partial charge in [0.05, 0.1) is 11.6 Å². The molecular weight excluding hydrogens is 312 g/mol. The van der Waals surface area contributed by atoms with E-state index in [4.69, 9.17) is 4.42 Å². The summed E-state index contributed by atoms with van der Waals surface area (Å²) >= 11 is 0. The average molecular weight is 351 g/mol. The Morgan fingerprint density at radius 1 is 0.917 bits per heavy atom. The molecule has 1 rings (SSSR count). The molecule has 0 aliphatic heterocycles. The maximum absolute atomic E-state index is 12.0. The Morgan fingerprint density at radius 2 is 1.50 bits per heavy atom. The number of hydrogen-bond acceptors (Lipinski definition) is 2. The van der Waals surface area contributed by atoms with Gasteiger partial charge in [-0.15, -0.1) is 0 Å². The molecule has 1 heterocycles. The summed E-state index contributed by atoms with van der Waals surface area (Å²) in [5.41, 5.74) is 1.19. The second kappa shape index (κ2) is 11.7. The van der Waals surface area contributed by atoms with E-state index in [1.807, 2.05) is 6.26 Å². The summed E-state index contributed by atoms with van der Waals surface area (Å²) in [6.45, 7) is 9.11. The predicted octanol–water partition coefficient (Wildman–Crippen LogP) is 6.25. The fourth-order valence-corrected chi connectivity index (χ4v) is 3.97. The quantitative estimate of drug-likeness (QED) is 0.293. The van der Waals surface area contributed by atoms with Crippen LogP contribution in [-0.2, 0) is 11.2 Å². The summed E-state index contributed by atoms with van der Waals surface area (Å²) < 4.78 is 5.67. The van der Waals surface area contributed by atoms with Crippen LogP contribution >= 0.6 is 0 Å². The van der Waals surface area contributed by atoms with Crippen molar-refractivity contribution >= 4 is 19.2 Å².